The van der Waals surface area contributed by atoms with Crippen molar-refractivity contribution in [1.82, 2.24) is 15.2 Å². The van der Waals surface area contributed by atoms with Crippen LogP contribution in [0, 0.1) is 11.2 Å². The molecular formula is C20H26FIN4O. The van der Waals surface area contributed by atoms with Gasteiger partial charge in [-0.15, -0.1) is 24.0 Å². The quantitative estimate of drug-likeness (QED) is 0.396. The number of aromatic nitrogens is 1. The number of aliphatic imine (C=N–C) groups is 1. The smallest absolute Gasteiger partial charge is 0.224 e. The fraction of sp³-hybridized carbons (Fsp3) is 0.400. The molecule has 5 nitrogen and oxygen atoms in total. The molecule has 3 rings (SSSR count). The molecule has 0 radical (unpaired) electrons. The first kappa shape index (κ1) is 21.4. The summed E-state index contributed by atoms with van der Waals surface area (Å²) in [5, 5.41) is 3.38. The summed E-state index contributed by atoms with van der Waals surface area (Å²) in [7, 11) is 1.79. The highest BCUT2D eigenvalue weighted by Crippen LogP contribution is 2.29. The minimum atomic E-state index is -0.338. The molecule has 2 heterocycles. The first-order chi connectivity index (χ1) is 12.5. The van der Waals surface area contributed by atoms with E-state index in [1.807, 2.05) is 12.1 Å². The van der Waals surface area contributed by atoms with Crippen LogP contribution in [0.4, 0.5) is 4.39 Å². The Kier molecular flexibility index (Phi) is 7.41. The van der Waals surface area contributed by atoms with Crippen molar-refractivity contribution < 1.29 is 9.13 Å². The predicted molar refractivity (Wildman–Crippen MR) is 116 cm³/mol. The van der Waals surface area contributed by atoms with E-state index in [4.69, 9.17) is 4.74 Å². The van der Waals surface area contributed by atoms with E-state index >= 15 is 0 Å². The SMILES string of the molecule is CN=C(NCc1cccnc1Oc1cccc(F)c1)N1CCC(C)(C)C1.I. The van der Waals surface area contributed by atoms with E-state index in [2.05, 4.69) is 34.0 Å². The summed E-state index contributed by atoms with van der Waals surface area (Å²) in [4.78, 5) is 11.0. The van der Waals surface area contributed by atoms with Crippen LogP contribution in [0.3, 0.4) is 0 Å². The largest absolute Gasteiger partial charge is 0.439 e. The predicted octanol–water partition coefficient (Wildman–Crippen LogP) is 4.44. The second-order valence-electron chi connectivity index (χ2n) is 7.26. The van der Waals surface area contributed by atoms with Gasteiger partial charge in [-0.25, -0.2) is 9.37 Å². The molecule has 0 amide bonds. The molecule has 1 fully saturated rings. The molecule has 27 heavy (non-hydrogen) atoms. The minimum absolute atomic E-state index is 0. The zero-order chi connectivity index (χ0) is 18.6. The van der Waals surface area contributed by atoms with Crippen LogP contribution in [-0.2, 0) is 6.54 Å². The van der Waals surface area contributed by atoms with Crippen LogP contribution in [0.2, 0.25) is 0 Å². The molecule has 7 heteroatoms. The van der Waals surface area contributed by atoms with Crippen LogP contribution in [0.25, 0.3) is 0 Å². The molecule has 0 unspecified atom stereocenters. The van der Waals surface area contributed by atoms with Crippen molar-refractivity contribution in [2.75, 3.05) is 20.1 Å². The minimum Gasteiger partial charge on any atom is -0.439 e. The summed E-state index contributed by atoms with van der Waals surface area (Å²) in [6, 6.07) is 9.85. The van der Waals surface area contributed by atoms with E-state index in [1.54, 1.807) is 25.4 Å². The lowest BCUT2D eigenvalue weighted by Crippen LogP contribution is -2.40. The molecule has 1 aliphatic rings. The van der Waals surface area contributed by atoms with E-state index in [1.165, 1.54) is 12.1 Å². The van der Waals surface area contributed by atoms with E-state index in [0.29, 0.717) is 23.6 Å². The van der Waals surface area contributed by atoms with Gasteiger partial charge in [0.25, 0.3) is 0 Å². The second kappa shape index (κ2) is 9.34. The summed E-state index contributed by atoms with van der Waals surface area (Å²) < 4.78 is 19.1. The molecule has 146 valence electrons. The lowest BCUT2D eigenvalue weighted by molar-refractivity contribution is 0.370. The highest BCUT2D eigenvalue weighted by Gasteiger charge is 2.30. The maximum Gasteiger partial charge on any atom is 0.224 e. The normalized spacial score (nSPS) is 16.0. The molecule has 2 aromatic rings. The zero-order valence-electron chi connectivity index (χ0n) is 15.9. The Bertz CT molecular complexity index is 797. The summed E-state index contributed by atoms with van der Waals surface area (Å²) in [6.45, 7) is 7.04. The number of rotatable bonds is 4. The Balaban J connectivity index is 0.00000261. The Hall–Kier alpha value is -1.90. The number of guanidine groups is 1. The van der Waals surface area contributed by atoms with Crippen LogP contribution in [0.5, 0.6) is 11.6 Å². The van der Waals surface area contributed by atoms with Gasteiger partial charge in [0.05, 0.1) is 0 Å². The van der Waals surface area contributed by atoms with Crippen molar-refractivity contribution in [3.63, 3.8) is 0 Å². The van der Waals surface area contributed by atoms with Gasteiger partial charge >= 0.3 is 0 Å². The van der Waals surface area contributed by atoms with Crippen molar-refractivity contribution in [1.29, 1.82) is 0 Å². The zero-order valence-corrected chi connectivity index (χ0v) is 18.2. The first-order valence-corrected chi connectivity index (χ1v) is 8.80. The fourth-order valence-electron chi connectivity index (χ4n) is 3.09. The number of pyridine rings is 1. The van der Waals surface area contributed by atoms with Gasteiger partial charge in [-0.05, 0) is 30.0 Å². The number of benzene rings is 1. The van der Waals surface area contributed by atoms with Crippen LogP contribution in [0.1, 0.15) is 25.8 Å². The Morgan fingerprint density at radius 2 is 2.15 bits per heavy atom. The van der Waals surface area contributed by atoms with Gasteiger partial charge in [-0.3, -0.25) is 4.99 Å². The van der Waals surface area contributed by atoms with Crippen LogP contribution >= 0.6 is 24.0 Å². The molecule has 0 bridgehead atoms. The lowest BCUT2D eigenvalue weighted by atomic mass is 9.93. The molecule has 0 saturated carbocycles. The van der Waals surface area contributed by atoms with Gasteiger partial charge < -0.3 is 15.0 Å². The van der Waals surface area contributed by atoms with Gasteiger partial charge in [0, 0.05) is 44.5 Å². The van der Waals surface area contributed by atoms with Gasteiger partial charge in [0.15, 0.2) is 5.96 Å². The Labute approximate surface area is 177 Å². The maximum atomic E-state index is 13.4. The standard InChI is InChI=1S/C20H25FN4O.HI/c1-20(2)9-11-25(14-20)19(22-3)24-13-15-6-5-10-23-18(15)26-17-8-4-7-16(21)12-17;/h4-8,10,12H,9,11,13-14H2,1-3H3,(H,22,24);1H. The van der Waals surface area contributed by atoms with E-state index in [0.717, 1.165) is 31.0 Å². The molecule has 1 aromatic heterocycles. The second-order valence-corrected chi connectivity index (χ2v) is 7.26. The molecule has 1 aliphatic heterocycles. The van der Waals surface area contributed by atoms with Gasteiger partial charge in [0.1, 0.15) is 11.6 Å². The molecule has 0 aliphatic carbocycles. The number of halogens is 2. The fourth-order valence-corrected chi connectivity index (χ4v) is 3.09. The number of hydrogen-bond donors (Lipinski definition) is 1. The first-order valence-electron chi connectivity index (χ1n) is 8.80. The number of hydrogen-bond acceptors (Lipinski definition) is 3. The van der Waals surface area contributed by atoms with Gasteiger partial charge in [-0.1, -0.05) is 26.0 Å². The molecule has 0 atom stereocenters. The highest BCUT2D eigenvalue weighted by molar-refractivity contribution is 14.0. The van der Waals surface area contributed by atoms with Crippen LogP contribution in [0.15, 0.2) is 47.6 Å². The number of nitrogens with zero attached hydrogens (tertiary/aromatic N) is 3. The van der Waals surface area contributed by atoms with Crippen molar-refractivity contribution in [2.45, 2.75) is 26.8 Å². The third kappa shape index (κ3) is 5.79. The van der Waals surface area contributed by atoms with Crippen molar-refractivity contribution in [3.05, 3.63) is 54.0 Å². The highest BCUT2D eigenvalue weighted by atomic mass is 127. The third-order valence-electron chi connectivity index (χ3n) is 4.49. The van der Waals surface area contributed by atoms with Crippen molar-refractivity contribution in [3.8, 4) is 11.6 Å². The molecule has 0 spiro atoms. The van der Waals surface area contributed by atoms with Gasteiger partial charge in [0.2, 0.25) is 5.88 Å². The summed E-state index contributed by atoms with van der Waals surface area (Å²) in [5.74, 6) is 1.42. The summed E-state index contributed by atoms with van der Waals surface area (Å²) in [6.07, 6.45) is 2.81. The summed E-state index contributed by atoms with van der Waals surface area (Å²) in [5.41, 5.74) is 1.19. The third-order valence-corrected chi connectivity index (χ3v) is 4.49. The monoisotopic (exact) mass is 484 g/mol. The van der Waals surface area contributed by atoms with E-state index in [-0.39, 0.29) is 29.8 Å². The molecule has 1 N–H and O–H groups in total. The van der Waals surface area contributed by atoms with E-state index < -0.39 is 0 Å². The maximum absolute atomic E-state index is 13.4. The number of ether oxygens (including phenoxy) is 1. The van der Waals surface area contributed by atoms with Crippen molar-refractivity contribution >= 4 is 29.9 Å². The van der Waals surface area contributed by atoms with Crippen molar-refractivity contribution in [2.24, 2.45) is 10.4 Å². The summed E-state index contributed by atoms with van der Waals surface area (Å²) >= 11 is 0. The molecule has 1 saturated heterocycles. The number of likely N-dealkylation sites (tertiary alicyclic amines) is 1. The number of nitrogens with one attached hydrogen (secondary N) is 1. The average Bonchev–Trinajstić information content (AvgIpc) is 2.97. The molecule has 1 aromatic carbocycles. The van der Waals surface area contributed by atoms with Crippen LogP contribution < -0.4 is 10.1 Å². The topological polar surface area (TPSA) is 49.8 Å². The Morgan fingerprint density at radius 3 is 2.81 bits per heavy atom. The Morgan fingerprint density at radius 1 is 1.33 bits per heavy atom. The lowest BCUT2D eigenvalue weighted by Gasteiger charge is -2.24. The van der Waals surface area contributed by atoms with Crippen LogP contribution in [-0.4, -0.2) is 36.0 Å². The van der Waals surface area contributed by atoms with Gasteiger partial charge in [-0.2, -0.15) is 0 Å². The van der Waals surface area contributed by atoms with E-state index in [9.17, 15) is 4.39 Å². The molecular weight excluding hydrogens is 458 g/mol. The average molecular weight is 484 g/mol.